The molecule has 1 fully saturated rings. The molecule has 1 aromatic rings. The standard InChI is InChI=1S/C15H22FN3O2/c1-3-11-4-5-18(12(7-11)9-17)14-6-10(2)13(16)8-15(14)19(20)21/h6,8,11-12H,3-5,7,9,17H2,1-2H3. The van der Waals surface area contributed by atoms with E-state index in [1.807, 2.05) is 4.90 Å². The first-order valence-electron chi connectivity index (χ1n) is 7.39. The maximum atomic E-state index is 13.6. The van der Waals surface area contributed by atoms with Gasteiger partial charge in [-0.1, -0.05) is 13.3 Å². The third-order valence-electron chi connectivity index (χ3n) is 4.44. The Hall–Kier alpha value is -1.69. The average Bonchev–Trinajstić information content (AvgIpc) is 2.48. The molecule has 0 saturated carbocycles. The minimum atomic E-state index is -0.543. The van der Waals surface area contributed by atoms with Crippen LogP contribution in [0.1, 0.15) is 31.7 Å². The summed E-state index contributed by atoms with van der Waals surface area (Å²) in [5.41, 5.74) is 6.59. The molecule has 0 aromatic heterocycles. The van der Waals surface area contributed by atoms with E-state index in [1.165, 1.54) is 0 Å². The highest BCUT2D eigenvalue weighted by molar-refractivity contribution is 5.65. The summed E-state index contributed by atoms with van der Waals surface area (Å²) in [6.45, 7) is 4.95. The van der Waals surface area contributed by atoms with E-state index in [0.29, 0.717) is 23.7 Å². The summed E-state index contributed by atoms with van der Waals surface area (Å²) >= 11 is 0. The molecule has 0 spiro atoms. The molecule has 5 nitrogen and oxygen atoms in total. The molecule has 1 heterocycles. The molecule has 2 N–H and O–H groups in total. The smallest absolute Gasteiger partial charge is 0.295 e. The molecule has 1 aliphatic rings. The Morgan fingerprint density at radius 3 is 2.81 bits per heavy atom. The van der Waals surface area contributed by atoms with Crippen molar-refractivity contribution in [3.8, 4) is 0 Å². The minimum absolute atomic E-state index is 0.0762. The lowest BCUT2D eigenvalue weighted by atomic mass is 9.88. The molecule has 1 aliphatic heterocycles. The number of piperidine rings is 1. The van der Waals surface area contributed by atoms with E-state index in [2.05, 4.69) is 6.92 Å². The first-order chi connectivity index (χ1) is 9.97. The van der Waals surface area contributed by atoms with Crippen molar-refractivity contribution < 1.29 is 9.31 Å². The molecular weight excluding hydrogens is 273 g/mol. The number of hydrogen-bond acceptors (Lipinski definition) is 4. The SMILES string of the molecule is CCC1CCN(c2cc(C)c(F)cc2[N+](=O)[O-])C(CN)C1. The summed E-state index contributed by atoms with van der Waals surface area (Å²) < 4.78 is 13.6. The molecule has 0 bridgehead atoms. The number of aryl methyl sites for hydroxylation is 1. The average molecular weight is 295 g/mol. The van der Waals surface area contributed by atoms with Gasteiger partial charge >= 0.3 is 0 Å². The Morgan fingerprint density at radius 1 is 1.52 bits per heavy atom. The Bertz CT molecular complexity index is 536. The van der Waals surface area contributed by atoms with Crippen molar-refractivity contribution in [3.63, 3.8) is 0 Å². The van der Waals surface area contributed by atoms with Gasteiger partial charge in [-0.3, -0.25) is 10.1 Å². The number of rotatable bonds is 4. The van der Waals surface area contributed by atoms with Crippen LogP contribution in [-0.2, 0) is 0 Å². The number of nitro groups is 1. The number of nitro benzene ring substituents is 1. The topological polar surface area (TPSA) is 72.4 Å². The van der Waals surface area contributed by atoms with E-state index >= 15 is 0 Å². The van der Waals surface area contributed by atoms with Crippen LogP contribution in [0, 0.1) is 28.8 Å². The molecule has 0 amide bonds. The quantitative estimate of drug-likeness (QED) is 0.684. The van der Waals surface area contributed by atoms with E-state index in [4.69, 9.17) is 5.73 Å². The monoisotopic (exact) mass is 295 g/mol. The predicted molar refractivity (Wildman–Crippen MR) is 81.0 cm³/mol. The second kappa shape index (κ2) is 6.39. The van der Waals surface area contributed by atoms with Gasteiger partial charge in [0.05, 0.1) is 11.0 Å². The Balaban J connectivity index is 2.40. The molecule has 0 radical (unpaired) electrons. The van der Waals surface area contributed by atoms with Crippen LogP contribution in [0.5, 0.6) is 0 Å². The molecule has 2 rings (SSSR count). The number of anilines is 1. The predicted octanol–water partition coefficient (Wildman–Crippen LogP) is 3.00. The minimum Gasteiger partial charge on any atom is -0.362 e. The number of nitrogens with two attached hydrogens (primary N) is 1. The molecular formula is C15H22FN3O2. The van der Waals surface area contributed by atoms with Gasteiger partial charge in [-0.15, -0.1) is 0 Å². The zero-order chi connectivity index (χ0) is 15.6. The van der Waals surface area contributed by atoms with Crippen LogP contribution in [0.4, 0.5) is 15.8 Å². The highest BCUT2D eigenvalue weighted by Crippen LogP contribution is 2.36. The molecule has 116 valence electrons. The van der Waals surface area contributed by atoms with Crippen LogP contribution in [0.3, 0.4) is 0 Å². The van der Waals surface area contributed by atoms with Gasteiger partial charge in [0.2, 0.25) is 0 Å². The maximum Gasteiger partial charge on any atom is 0.295 e. The van der Waals surface area contributed by atoms with Crippen LogP contribution in [0.25, 0.3) is 0 Å². The van der Waals surface area contributed by atoms with E-state index in [-0.39, 0.29) is 11.7 Å². The van der Waals surface area contributed by atoms with Gasteiger partial charge < -0.3 is 10.6 Å². The Labute approximate surface area is 124 Å². The molecule has 0 aliphatic carbocycles. The zero-order valence-electron chi connectivity index (χ0n) is 12.5. The summed E-state index contributed by atoms with van der Waals surface area (Å²) in [5.74, 6) is 0.0635. The van der Waals surface area contributed by atoms with Crippen LogP contribution >= 0.6 is 0 Å². The fourth-order valence-electron chi connectivity index (χ4n) is 3.08. The fraction of sp³-hybridized carbons (Fsp3) is 0.600. The van der Waals surface area contributed by atoms with Crippen molar-refractivity contribution in [1.82, 2.24) is 0 Å². The number of halogens is 1. The van der Waals surface area contributed by atoms with Gasteiger partial charge in [-0.2, -0.15) is 0 Å². The lowest BCUT2D eigenvalue weighted by molar-refractivity contribution is -0.384. The van der Waals surface area contributed by atoms with Crippen LogP contribution in [0.2, 0.25) is 0 Å². The lowest BCUT2D eigenvalue weighted by Crippen LogP contribution is -2.47. The van der Waals surface area contributed by atoms with E-state index in [0.717, 1.165) is 31.9 Å². The first-order valence-corrected chi connectivity index (χ1v) is 7.39. The summed E-state index contributed by atoms with van der Waals surface area (Å²) in [5, 5.41) is 11.2. The van der Waals surface area contributed by atoms with Gasteiger partial charge in [-0.25, -0.2) is 4.39 Å². The van der Waals surface area contributed by atoms with Crippen LogP contribution in [-0.4, -0.2) is 24.1 Å². The highest BCUT2D eigenvalue weighted by atomic mass is 19.1. The Kier molecular flexibility index (Phi) is 4.77. The highest BCUT2D eigenvalue weighted by Gasteiger charge is 2.31. The molecule has 1 saturated heterocycles. The van der Waals surface area contributed by atoms with Gasteiger partial charge in [-0.05, 0) is 37.3 Å². The summed E-state index contributed by atoms with van der Waals surface area (Å²) in [6.07, 6.45) is 3.01. The second-order valence-electron chi connectivity index (χ2n) is 5.73. The molecule has 1 aromatic carbocycles. The first kappa shape index (κ1) is 15.7. The number of nitrogens with zero attached hydrogens (tertiary/aromatic N) is 2. The zero-order valence-corrected chi connectivity index (χ0v) is 12.5. The van der Waals surface area contributed by atoms with E-state index in [9.17, 15) is 14.5 Å². The summed E-state index contributed by atoms with van der Waals surface area (Å²) in [7, 11) is 0. The second-order valence-corrected chi connectivity index (χ2v) is 5.73. The molecule has 2 atom stereocenters. The molecule has 6 heteroatoms. The fourth-order valence-corrected chi connectivity index (χ4v) is 3.08. The maximum absolute atomic E-state index is 13.6. The van der Waals surface area contributed by atoms with Gasteiger partial charge in [0.1, 0.15) is 11.5 Å². The largest absolute Gasteiger partial charge is 0.362 e. The Morgan fingerprint density at radius 2 is 2.24 bits per heavy atom. The molecule has 21 heavy (non-hydrogen) atoms. The van der Waals surface area contributed by atoms with Crippen molar-refractivity contribution in [2.24, 2.45) is 11.7 Å². The van der Waals surface area contributed by atoms with Gasteiger partial charge in [0.15, 0.2) is 0 Å². The van der Waals surface area contributed by atoms with Crippen LogP contribution in [0.15, 0.2) is 12.1 Å². The number of hydrogen-bond donors (Lipinski definition) is 1. The van der Waals surface area contributed by atoms with Crippen LogP contribution < -0.4 is 10.6 Å². The van der Waals surface area contributed by atoms with Crippen molar-refractivity contribution >= 4 is 11.4 Å². The van der Waals surface area contributed by atoms with Crippen molar-refractivity contribution in [1.29, 1.82) is 0 Å². The van der Waals surface area contributed by atoms with Crippen molar-refractivity contribution in [2.75, 3.05) is 18.0 Å². The summed E-state index contributed by atoms with van der Waals surface area (Å²) in [6, 6.07) is 2.67. The van der Waals surface area contributed by atoms with Gasteiger partial charge in [0.25, 0.3) is 5.69 Å². The third kappa shape index (κ3) is 3.15. The third-order valence-corrected chi connectivity index (χ3v) is 4.44. The van der Waals surface area contributed by atoms with Crippen molar-refractivity contribution in [2.45, 2.75) is 39.2 Å². The summed E-state index contributed by atoms with van der Waals surface area (Å²) in [4.78, 5) is 12.7. The van der Waals surface area contributed by atoms with Crippen molar-refractivity contribution in [3.05, 3.63) is 33.6 Å². The van der Waals surface area contributed by atoms with E-state index in [1.54, 1.807) is 13.0 Å². The van der Waals surface area contributed by atoms with Gasteiger partial charge in [0, 0.05) is 19.1 Å². The normalized spacial score (nSPS) is 22.4. The lowest BCUT2D eigenvalue weighted by Gasteiger charge is -2.40. The van der Waals surface area contributed by atoms with E-state index < -0.39 is 10.7 Å². The molecule has 2 unspecified atom stereocenters. The number of benzene rings is 1.